The fourth-order valence-electron chi connectivity index (χ4n) is 2.28. The Labute approximate surface area is 103 Å². The monoisotopic (exact) mass is 239 g/mol. The number of nitrogens with one attached hydrogen (secondary N) is 1. The topological polar surface area (TPSA) is 21.3 Å². The van der Waals surface area contributed by atoms with Crippen LogP contribution in [-0.4, -0.2) is 19.7 Å². The molecule has 2 unspecified atom stereocenters. The van der Waals surface area contributed by atoms with E-state index in [-0.39, 0.29) is 17.8 Å². The molecule has 2 nitrogen and oxygen atoms in total. The number of benzene rings is 1. The molecule has 0 amide bonds. The first-order valence-corrected chi connectivity index (χ1v) is 6.21. The van der Waals surface area contributed by atoms with Crippen molar-refractivity contribution in [2.75, 3.05) is 13.7 Å². The third kappa shape index (κ3) is 3.19. The Hall–Kier alpha value is -1.09. The van der Waals surface area contributed by atoms with Crippen LogP contribution in [0.15, 0.2) is 18.2 Å². The Balaban J connectivity index is 3.04. The van der Waals surface area contributed by atoms with Crippen molar-refractivity contribution >= 4 is 0 Å². The van der Waals surface area contributed by atoms with Gasteiger partial charge in [-0.2, -0.15) is 0 Å². The zero-order valence-corrected chi connectivity index (χ0v) is 11.1. The van der Waals surface area contributed by atoms with E-state index in [2.05, 4.69) is 19.2 Å². The van der Waals surface area contributed by atoms with Crippen molar-refractivity contribution in [2.24, 2.45) is 0 Å². The lowest BCUT2D eigenvalue weighted by molar-refractivity contribution is 0.381. The molecule has 0 bridgehead atoms. The molecule has 0 aliphatic heterocycles. The summed E-state index contributed by atoms with van der Waals surface area (Å²) in [4.78, 5) is 0. The number of likely N-dealkylation sites (N-methyl/N-ethyl adjacent to an activating group) is 1. The number of methoxy groups -OCH3 is 1. The molecule has 0 saturated heterocycles. The third-order valence-corrected chi connectivity index (χ3v) is 3.20. The average Bonchev–Trinajstić information content (AvgIpc) is 2.34. The average molecular weight is 239 g/mol. The van der Waals surface area contributed by atoms with Crippen LogP contribution in [0.25, 0.3) is 0 Å². The molecule has 1 N–H and O–H groups in total. The Morgan fingerprint density at radius 1 is 1.35 bits per heavy atom. The molecule has 0 aromatic heterocycles. The highest BCUT2D eigenvalue weighted by atomic mass is 19.1. The summed E-state index contributed by atoms with van der Waals surface area (Å²) in [6.07, 6.45) is 0.965. The lowest BCUT2D eigenvalue weighted by Gasteiger charge is -2.25. The van der Waals surface area contributed by atoms with Gasteiger partial charge in [0.1, 0.15) is 11.6 Å². The first-order valence-electron chi connectivity index (χ1n) is 6.21. The molecule has 2 atom stereocenters. The summed E-state index contributed by atoms with van der Waals surface area (Å²) in [6, 6.07) is 5.25. The van der Waals surface area contributed by atoms with Crippen LogP contribution in [0.4, 0.5) is 4.39 Å². The summed E-state index contributed by atoms with van der Waals surface area (Å²) in [5, 5.41) is 3.39. The lowest BCUT2D eigenvalue weighted by Crippen LogP contribution is -2.33. The van der Waals surface area contributed by atoms with Crippen LogP contribution in [0.1, 0.15) is 38.7 Å². The van der Waals surface area contributed by atoms with Gasteiger partial charge in [0.15, 0.2) is 0 Å². The van der Waals surface area contributed by atoms with Crippen LogP contribution in [0.5, 0.6) is 5.75 Å². The zero-order valence-electron chi connectivity index (χ0n) is 11.1. The van der Waals surface area contributed by atoms with E-state index >= 15 is 0 Å². The number of ether oxygens (including phenoxy) is 1. The van der Waals surface area contributed by atoms with Gasteiger partial charge in [-0.15, -0.1) is 0 Å². The minimum absolute atomic E-state index is 0.0936. The summed E-state index contributed by atoms with van der Waals surface area (Å²) in [7, 11) is 1.58. The van der Waals surface area contributed by atoms with Gasteiger partial charge in [0.2, 0.25) is 0 Å². The maximum atomic E-state index is 13.9. The van der Waals surface area contributed by atoms with Crippen molar-refractivity contribution in [3.63, 3.8) is 0 Å². The Bertz CT molecular complexity index is 354. The van der Waals surface area contributed by atoms with Crippen LogP contribution in [0.2, 0.25) is 0 Å². The third-order valence-electron chi connectivity index (χ3n) is 3.20. The zero-order chi connectivity index (χ0) is 12.8. The summed E-state index contributed by atoms with van der Waals surface area (Å²) in [5.74, 6) is 0.540. The molecule has 0 heterocycles. The molecule has 0 spiro atoms. The van der Waals surface area contributed by atoms with E-state index in [1.807, 2.05) is 13.0 Å². The largest absolute Gasteiger partial charge is 0.496 e. The van der Waals surface area contributed by atoms with Gasteiger partial charge in [-0.05, 0) is 25.1 Å². The molecule has 1 aromatic rings. The van der Waals surface area contributed by atoms with Gasteiger partial charge in [-0.1, -0.05) is 26.8 Å². The molecule has 96 valence electrons. The van der Waals surface area contributed by atoms with E-state index in [0.29, 0.717) is 11.3 Å². The first kappa shape index (κ1) is 14.0. The molecular weight excluding hydrogens is 217 g/mol. The quantitative estimate of drug-likeness (QED) is 0.822. The maximum Gasteiger partial charge on any atom is 0.130 e. The molecule has 0 fully saturated rings. The van der Waals surface area contributed by atoms with Gasteiger partial charge >= 0.3 is 0 Å². The van der Waals surface area contributed by atoms with Crippen molar-refractivity contribution in [1.29, 1.82) is 0 Å². The van der Waals surface area contributed by atoms with E-state index in [1.54, 1.807) is 13.2 Å². The van der Waals surface area contributed by atoms with Gasteiger partial charge < -0.3 is 10.1 Å². The fourth-order valence-corrected chi connectivity index (χ4v) is 2.28. The smallest absolute Gasteiger partial charge is 0.130 e. The van der Waals surface area contributed by atoms with Gasteiger partial charge in [0.25, 0.3) is 0 Å². The minimum Gasteiger partial charge on any atom is -0.496 e. The first-order chi connectivity index (χ1) is 8.15. The maximum absolute atomic E-state index is 13.9. The summed E-state index contributed by atoms with van der Waals surface area (Å²) >= 11 is 0. The van der Waals surface area contributed by atoms with Gasteiger partial charge in [-0.25, -0.2) is 4.39 Å². The van der Waals surface area contributed by atoms with Crippen LogP contribution in [-0.2, 0) is 0 Å². The number of rotatable bonds is 6. The van der Waals surface area contributed by atoms with Gasteiger partial charge in [0.05, 0.1) is 7.11 Å². The minimum atomic E-state index is -0.187. The highest BCUT2D eigenvalue weighted by Gasteiger charge is 2.22. The molecular formula is C14H22FNO. The number of hydrogen-bond donors (Lipinski definition) is 1. The van der Waals surface area contributed by atoms with Crippen LogP contribution < -0.4 is 10.1 Å². The second-order valence-electron chi connectivity index (χ2n) is 4.22. The Morgan fingerprint density at radius 3 is 2.59 bits per heavy atom. The van der Waals surface area contributed by atoms with E-state index in [1.165, 1.54) is 6.07 Å². The Kier molecular flexibility index (Phi) is 5.42. The highest BCUT2D eigenvalue weighted by molar-refractivity contribution is 5.38. The van der Waals surface area contributed by atoms with Gasteiger partial charge in [-0.3, -0.25) is 0 Å². The summed E-state index contributed by atoms with van der Waals surface area (Å²) < 4.78 is 19.2. The second kappa shape index (κ2) is 6.60. The normalized spacial score (nSPS) is 14.4. The molecule has 0 radical (unpaired) electrons. The van der Waals surface area contributed by atoms with Crippen molar-refractivity contribution in [1.82, 2.24) is 5.32 Å². The Morgan fingerprint density at radius 2 is 2.06 bits per heavy atom. The fraction of sp³-hybridized carbons (Fsp3) is 0.571. The predicted molar refractivity (Wildman–Crippen MR) is 69.1 cm³/mol. The number of hydrogen-bond acceptors (Lipinski definition) is 2. The lowest BCUT2D eigenvalue weighted by atomic mass is 9.90. The molecule has 0 aliphatic rings. The molecule has 3 heteroatoms. The molecule has 1 aromatic carbocycles. The molecule has 17 heavy (non-hydrogen) atoms. The van der Waals surface area contributed by atoms with Crippen LogP contribution >= 0.6 is 0 Å². The highest BCUT2D eigenvalue weighted by Crippen LogP contribution is 2.32. The van der Waals surface area contributed by atoms with Crippen LogP contribution in [0.3, 0.4) is 0 Å². The van der Waals surface area contributed by atoms with Crippen molar-refractivity contribution in [2.45, 2.75) is 39.2 Å². The van der Waals surface area contributed by atoms with Crippen molar-refractivity contribution < 1.29 is 9.13 Å². The molecule has 0 aliphatic carbocycles. The van der Waals surface area contributed by atoms with Crippen molar-refractivity contribution in [3.05, 3.63) is 29.6 Å². The van der Waals surface area contributed by atoms with Crippen molar-refractivity contribution in [3.8, 4) is 5.75 Å². The SMILES string of the molecule is CCNC(CC)C(C)c1c(F)cccc1OC. The molecule has 0 saturated carbocycles. The van der Waals surface area contributed by atoms with E-state index in [4.69, 9.17) is 4.74 Å². The van der Waals surface area contributed by atoms with E-state index in [9.17, 15) is 4.39 Å². The second-order valence-corrected chi connectivity index (χ2v) is 4.22. The number of halogens is 1. The molecule has 1 rings (SSSR count). The summed E-state index contributed by atoms with van der Waals surface area (Å²) in [5.41, 5.74) is 0.669. The van der Waals surface area contributed by atoms with E-state index in [0.717, 1.165) is 13.0 Å². The predicted octanol–water partition coefficient (Wildman–Crippen LogP) is 3.33. The van der Waals surface area contributed by atoms with Crippen LogP contribution in [0, 0.1) is 5.82 Å². The summed E-state index contributed by atoms with van der Waals surface area (Å²) in [6.45, 7) is 7.10. The standard InChI is InChI=1S/C14H22FNO/c1-5-12(16-6-2)10(3)14-11(15)8-7-9-13(14)17-4/h7-10,12,16H,5-6H2,1-4H3. The van der Waals surface area contributed by atoms with E-state index < -0.39 is 0 Å². The van der Waals surface area contributed by atoms with Gasteiger partial charge in [0, 0.05) is 17.5 Å².